The number of amides is 1. The third-order valence-electron chi connectivity index (χ3n) is 4.35. The van der Waals surface area contributed by atoms with Crippen LogP contribution < -0.4 is 0 Å². The number of aryl methyl sites for hydroxylation is 1. The predicted molar refractivity (Wildman–Crippen MR) is 84.0 cm³/mol. The maximum absolute atomic E-state index is 12.6. The molecule has 0 fully saturated rings. The van der Waals surface area contributed by atoms with E-state index in [4.69, 9.17) is 0 Å². The number of aromatic nitrogens is 1. The molecule has 1 aliphatic rings. The highest BCUT2D eigenvalue weighted by molar-refractivity contribution is 6.00. The third kappa shape index (κ3) is 2.33. The van der Waals surface area contributed by atoms with Gasteiger partial charge in [0.1, 0.15) is 0 Å². The average molecular weight is 280 g/mol. The molecule has 0 spiro atoms. The Balaban J connectivity index is 2.04. The molecular formula is C18H20N2O. The van der Waals surface area contributed by atoms with E-state index in [1.54, 1.807) is 6.20 Å². The Bertz CT molecular complexity index is 679. The summed E-state index contributed by atoms with van der Waals surface area (Å²) in [6.45, 7) is 6.98. The van der Waals surface area contributed by atoms with Crippen molar-refractivity contribution < 1.29 is 4.79 Å². The summed E-state index contributed by atoms with van der Waals surface area (Å²) in [4.78, 5) is 18.7. The van der Waals surface area contributed by atoms with E-state index < -0.39 is 0 Å². The van der Waals surface area contributed by atoms with E-state index in [1.165, 1.54) is 0 Å². The third-order valence-corrected chi connectivity index (χ3v) is 4.35. The lowest BCUT2D eigenvalue weighted by Crippen LogP contribution is -2.32. The van der Waals surface area contributed by atoms with Crippen molar-refractivity contribution in [2.24, 2.45) is 0 Å². The molecule has 1 atom stereocenters. The van der Waals surface area contributed by atoms with Gasteiger partial charge in [0, 0.05) is 36.1 Å². The highest BCUT2D eigenvalue weighted by Crippen LogP contribution is 2.32. The van der Waals surface area contributed by atoms with Gasteiger partial charge in [-0.3, -0.25) is 9.78 Å². The zero-order valence-electron chi connectivity index (χ0n) is 12.8. The van der Waals surface area contributed by atoms with Crippen LogP contribution in [0.5, 0.6) is 0 Å². The largest absolute Gasteiger partial charge is 0.332 e. The number of hydrogen-bond donors (Lipinski definition) is 0. The van der Waals surface area contributed by atoms with Crippen LogP contribution in [0.15, 0.2) is 36.7 Å². The van der Waals surface area contributed by atoms with Gasteiger partial charge in [-0.15, -0.1) is 0 Å². The standard InChI is InChI=1S/C18H20N2O/c1-4-13(3)20-11-16-9-15(14-6-5-7-19-10-14)8-12(2)17(16)18(20)21/h5-10,13H,4,11H2,1-3H3. The van der Waals surface area contributed by atoms with Gasteiger partial charge in [0.2, 0.25) is 0 Å². The molecule has 0 N–H and O–H groups in total. The Kier molecular flexibility index (Phi) is 3.50. The molecule has 1 unspecified atom stereocenters. The van der Waals surface area contributed by atoms with E-state index in [-0.39, 0.29) is 11.9 Å². The second-order valence-electron chi connectivity index (χ2n) is 5.76. The Labute approximate surface area is 125 Å². The lowest BCUT2D eigenvalue weighted by molar-refractivity contribution is 0.0713. The fourth-order valence-electron chi connectivity index (χ4n) is 2.97. The van der Waals surface area contributed by atoms with Crippen LogP contribution in [0.2, 0.25) is 0 Å². The Morgan fingerprint density at radius 3 is 2.81 bits per heavy atom. The quantitative estimate of drug-likeness (QED) is 0.856. The van der Waals surface area contributed by atoms with E-state index in [1.807, 2.05) is 24.1 Å². The molecule has 3 heteroatoms. The van der Waals surface area contributed by atoms with Crippen molar-refractivity contribution in [2.45, 2.75) is 39.8 Å². The molecule has 0 saturated carbocycles. The van der Waals surface area contributed by atoms with Gasteiger partial charge in [0.05, 0.1) is 0 Å². The first-order chi connectivity index (χ1) is 10.1. The van der Waals surface area contributed by atoms with Gasteiger partial charge in [-0.25, -0.2) is 0 Å². The van der Waals surface area contributed by atoms with Crippen molar-refractivity contribution in [3.63, 3.8) is 0 Å². The van der Waals surface area contributed by atoms with E-state index in [0.717, 1.165) is 40.8 Å². The fourth-order valence-corrected chi connectivity index (χ4v) is 2.97. The molecule has 0 aliphatic carbocycles. The lowest BCUT2D eigenvalue weighted by Gasteiger charge is -2.22. The van der Waals surface area contributed by atoms with Gasteiger partial charge in [0.25, 0.3) is 5.91 Å². The maximum atomic E-state index is 12.6. The minimum atomic E-state index is 0.176. The summed E-state index contributed by atoms with van der Waals surface area (Å²) in [5.74, 6) is 0.176. The molecule has 1 aromatic carbocycles. The highest BCUT2D eigenvalue weighted by atomic mass is 16.2. The average Bonchev–Trinajstić information content (AvgIpc) is 2.85. The summed E-state index contributed by atoms with van der Waals surface area (Å²) in [6.07, 6.45) is 4.62. The van der Waals surface area contributed by atoms with Gasteiger partial charge in [-0.05, 0) is 49.1 Å². The van der Waals surface area contributed by atoms with Gasteiger partial charge in [-0.2, -0.15) is 0 Å². The van der Waals surface area contributed by atoms with Gasteiger partial charge >= 0.3 is 0 Å². The first-order valence-electron chi connectivity index (χ1n) is 7.46. The number of hydrogen-bond acceptors (Lipinski definition) is 2. The summed E-state index contributed by atoms with van der Waals surface area (Å²) >= 11 is 0. The first kappa shape index (κ1) is 13.8. The molecule has 3 nitrogen and oxygen atoms in total. The number of pyridine rings is 1. The molecule has 0 radical (unpaired) electrons. The molecule has 108 valence electrons. The number of benzene rings is 1. The van der Waals surface area contributed by atoms with Crippen LogP contribution in [0, 0.1) is 6.92 Å². The molecule has 1 aliphatic heterocycles. The second-order valence-corrected chi connectivity index (χ2v) is 5.76. The Morgan fingerprint density at radius 1 is 1.33 bits per heavy atom. The van der Waals surface area contributed by atoms with Crippen molar-refractivity contribution >= 4 is 5.91 Å². The molecule has 0 saturated heterocycles. The van der Waals surface area contributed by atoms with Crippen LogP contribution in [-0.2, 0) is 6.54 Å². The molecule has 3 rings (SSSR count). The van der Waals surface area contributed by atoms with Crippen LogP contribution in [0.25, 0.3) is 11.1 Å². The molecule has 2 aromatic rings. The lowest BCUT2D eigenvalue weighted by atomic mass is 9.97. The fraction of sp³-hybridized carbons (Fsp3) is 0.333. The zero-order valence-corrected chi connectivity index (χ0v) is 12.8. The molecule has 0 bridgehead atoms. The normalized spacial score (nSPS) is 15.2. The maximum Gasteiger partial charge on any atom is 0.255 e. The Morgan fingerprint density at radius 2 is 2.14 bits per heavy atom. The number of carbonyl (C=O) groups is 1. The van der Waals surface area contributed by atoms with Crippen LogP contribution >= 0.6 is 0 Å². The number of nitrogens with zero attached hydrogens (tertiary/aromatic N) is 2. The molecular weight excluding hydrogens is 260 g/mol. The molecule has 1 amide bonds. The van der Waals surface area contributed by atoms with E-state index in [2.05, 4.69) is 37.0 Å². The van der Waals surface area contributed by atoms with Crippen molar-refractivity contribution in [2.75, 3.05) is 0 Å². The summed E-state index contributed by atoms with van der Waals surface area (Å²) in [6, 6.07) is 8.51. The van der Waals surface area contributed by atoms with Crippen LogP contribution in [0.3, 0.4) is 0 Å². The van der Waals surface area contributed by atoms with Crippen LogP contribution in [0.4, 0.5) is 0 Å². The zero-order chi connectivity index (χ0) is 15.0. The Hall–Kier alpha value is -2.16. The topological polar surface area (TPSA) is 33.2 Å². The van der Waals surface area contributed by atoms with Crippen molar-refractivity contribution in [3.8, 4) is 11.1 Å². The number of carbonyl (C=O) groups excluding carboxylic acids is 1. The minimum Gasteiger partial charge on any atom is -0.332 e. The SMILES string of the molecule is CCC(C)N1Cc2cc(-c3cccnc3)cc(C)c2C1=O. The summed E-state index contributed by atoms with van der Waals surface area (Å²) in [7, 11) is 0. The van der Waals surface area contributed by atoms with Gasteiger partial charge in [-0.1, -0.05) is 19.1 Å². The predicted octanol–water partition coefficient (Wildman–Crippen LogP) is 3.81. The van der Waals surface area contributed by atoms with Crippen molar-refractivity contribution in [3.05, 3.63) is 53.3 Å². The summed E-state index contributed by atoms with van der Waals surface area (Å²) in [5.41, 5.74) is 5.32. The smallest absolute Gasteiger partial charge is 0.255 e. The molecule has 1 aromatic heterocycles. The monoisotopic (exact) mass is 280 g/mol. The van der Waals surface area contributed by atoms with E-state index >= 15 is 0 Å². The minimum absolute atomic E-state index is 0.176. The summed E-state index contributed by atoms with van der Waals surface area (Å²) in [5, 5.41) is 0. The van der Waals surface area contributed by atoms with Gasteiger partial charge in [0.15, 0.2) is 0 Å². The van der Waals surface area contributed by atoms with E-state index in [0.29, 0.717) is 0 Å². The number of fused-ring (bicyclic) bond motifs is 1. The van der Waals surface area contributed by atoms with Crippen molar-refractivity contribution in [1.29, 1.82) is 0 Å². The van der Waals surface area contributed by atoms with E-state index in [9.17, 15) is 4.79 Å². The van der Waals surface area contributed by atoms with Crippen molar-refractivity contribution in [1.82, 2.24) is 9.88 Å². The summed E-state index contributed by atoms with van der Waals surface area (Å²) < 4.78 is 0. The second kappa shape index (κ2) is 5.32. The highest BCUT2D eigenvalue weighted by Gasteiger charge is 2.31. The van der Waals surface area contributed by atoms with Crippen LogP contribution in [0.1, 0.15) is 41.8 Å². The van der Waals surface area contributed by atoms with Gasteiger partial charge < -0.3 is 4.90 Å². The van der Waals surface area contributed by atoms with Crippen LogP contribution in [-0.4, -0.2) is 21.8 Å². The molecule has 2 heterocycles. The molecule has 21 heavy (non-hydrogen) atoms. The number of rotatable bonds is 3. The first-order valence-corrected chi connectivity index (χ1v) is 7.46.